The Balaban J connectivity index is 1.14. The number of anilines is 2. The van der Waals surface area contributed by atoms with Crippen molar-refractivity contribution in [2.24, 2.45) is 5.16 Å². The van der Waals surface area contributed by atoms with Crippen LogP contribution in [-0.2, 0) is 19.2 Å². The molecule has 40 heavy (non-hydrogen) atoms. The van der Waals surface area contributed by atoms with Crippen molar-refractivity contribution in [1.82, 2.24) is 10.2 Å². The molecule has 3 aliphatic heterocycles. The van der Waals surface area contributed by atoms with Gasteiger partial charge >= 0.3 is 6.09 Å². The quantitative estimate of drug-likeness (QED) is 0.529. The number of oxime groups is 1. The molecule has 3 heterocycles. The number of phenols is 1. The Morgan fingerprint density at radius 3 is 2.62 bits per heavy atom. The fraction of sp³-hybridized carbons (Fsp3) is 0.407. The Kier molecular flexibility index (Phi) is 7.63. The molecule has 0 spiro atoms. The molecule has 3 aliphatic rings. The molecule has 0 aliphatic carbocycles. The average Bonchev–Trinajstić information content (AvgIpc) is 3.59. The maximum atomic E-state index is 15.1. The first-order valence-corrected chi connectivity index (χ1v) is 12.9. The first kappa shape index (κ1) is 27.0. The summed E-state index contributed by atoms with van der Waals surface area (Å²) in [7, 11) is 1.46. The zero-order valence-corrected chi connectivity index (χ0v) is 22.1. The van der Waals surface area contributed by atoms with Crippen LogP contribution in [0.2, 0.25) is 0 Å². The normalized spacial score (nSPS) is 20.6. The lowest BCUT2D eigenvalue weighted by Gasteiger charge is -2.37. The lowest BCUT2D eigenvalue weighted by molar-refractivity contribution is -0.142. The van der Waals surface area contributed by atoms with E-state index in [4.69, 9.17) is 14.3 Å². The SMILES string of the molecule is COc1ccc(C2=NOC(C(=O)N3CCN(c4ccc(N5C[C@H](CNC(C)=O)OC5=O)cc4F)CC3)C2)cc1O. The summed E-state index contributed by atoms with van der Waals surface area (Å²) >= 11 is 0. The number of amides is 3. The zero-order valence-electron chi connectivity index (χ0n) is 22.1. The van der Waals surface area contributed by atoms with Crippen LogP contribution in [0.5, 0.6) is 11.5 Å². The molecule has 0 aromatic heterocycles. The summed E-state index contributed by atoms with van der Waals surface area (Å²) in [6, 6.07) is 9.43. The highest BCUT2D eigenvalue weighted by molar-refractivity contribution is 6.04. The smallest absolute Gasteiger partial charge is 0.414 e. The van der Waals surface area contributed by atoms with Gasteiger partial charge in [0.2, 0.25) is 12.0 Å². The maximum Gasteiger partial charge on any atom is 0.414 e. The number of carbonyl (C=O) groups is 3. The summed E-state index contributed by atoms with van der Waals surface area (Å²) in [5.74, 6) is -0.606. The number of benzene rings is 2. The second-order valence-electron chi connectivity index (χ2n) is 9.72. The molecule has 0 radical (unpaired) electrons. The van der Waals surface area contributed by atoms with Gasteiger partial charge in [-0.05, 0) is 36.4 Å². The average molecular weight is 556 g/mol. The fourth-order valence-corrected chi connectivity index (χ4v) is 4.94. The minimum atomic E-state index is -0.767. The van der Waals surface area contributed by atoms with Crippen LogP contribution in [0.15, 0.2) is 41.6 Å². The molecule has 5 rings (SSSR count). The first-order chi connectivity index (χ1) is 19.2. The number of hydrogen-bond acceptors (Lipinski definition) is 9. The predicted octanol–water partition coefficient (Wildman–Crippen LogP) is 1.84. The highest BCUT2D eigenvalue weighted by atomic mass is 19.1. The number of phenolic OH excluding ortho intramolecular Hbond substituents is 1. The van der Waals surface area contributed by atoms with Gasteiger partial charge in [-0.1, -0.05) is 5.16 Å². The monoisotopic (exact) mass is 555 g/mol. The molecule has 2 N–H and O–H groups in total. The van der Waals surface area contributed by atoms with Crippen molar-refractivity contribution in [3.63, 3.8) is 0 Å². The largest absolute Gasteiger partial charge is 0.504 e. The molecular formula is C27H30FN5O7. The van der Waals surface area contributed by atoms with Crippen molar-refractivity contribution in [3.8, 4) is 11.5 Å². The van der Waals surface area contributed by atoms with Crippen molar-refractivity contribution in [2.75, 3.05) is 56.2 Å². The van der Waals surface area contributed by atoms with Crippen LogP contribution >= 0.6 is 0 Å². The summed E-state index contributed by atoms with van der Waals surface area (Å²) in [6.45, 7) is 3.35. The second-order valence-corrected chi connectivity index (χ2v) is 9.72. The van der Waals surface area contributed by atoms with Crippen LogP contribution in [-0.4, -0.2) is 92.2 Å². The molecule has 3 amide bonds. The van der Waals surface area contributed by atoms with Crippen LogP contribution in [0, 0.1) is 5.82 Å². The molecule has 0 saturated carbocycles. The number of nitrogens with one attached hydrogen (secondary N) is 1. The van der Waals surface area contributed by atoms with Gasteiger partial charge in [-0.2, -0.15) is 0 Å². The van der Waals surface area contributed by atoms with Crippen molar-refractivity contribution in [3.05, 3.63) is 47.8 Å². The number of rotatable bonds is 7. The number of ether oxygens (including phenoxy) is 2. The van der Waals surface area contributed by atoms with E-state index in [-0.39, 0.29) is 37.1 Å². The number of methoxy groups -OCH3 is 1. The number of hydrogen-bond donors (Lipinski definition) is 2. The second kappa shape index (κ2) is 11.3. The number of piperazine rings is 1. The Morgan fingerprint density at radius 1 is 1.18 bits per heavy atom. The lowest BCUT2D eigenvalue weighted by atomic mass is 10.0. The third kappa shape index (κ3) is 5.58. The van der Waals surface area contributed by atoms with Gasteiger partial charge in [0.05, 0.1) is 37.3 Å². The molecule has 1 unspecified atom stereocenters. The lowest BCUT2D eigenvalue weighted by Crippen LogP contribution is -2.51. The molecule has 2 saturated heterocycles. The summed E-state index contributed by atoms with van der Waals surface area (Å²) in [6.07, 6.45) is -1.61. The third-order valence-electron chi connectivity index (χ3n) is 7.08. The maximum absolute atomic E-state index is 15.1. The topological polar surface area (TPSA) is 133 Å². The molecule has 2 aromatic carbocycles. The van der Waals surface area contributed by atoms with E-state index in [0.717, 1.165) is 0 Å². The Labute approximate surface area is 229 Å². The van der Waals surface area contributed by atoms with Crippen LogP contribution in [0.4, 0.5) is 20.6 Å². The van der Waals surface area contributed by atoms with E-state index in [1.807, 2.05) is 4.90 Å². The first-order valence-electron chi connectivity index (χ1n) is 12.9. The van der Waals surface area contributed by atoms with E-state index in [1.54, 1.807) is 29.2 Å². The van der Waals surface area contributed by atoms with Gasteiger partial charge in [0.1, 0.15) is 11.9 Å². The van der Waals surface area contributed by atoms with Crippen LogP contribution in [0.1, 0.15) is 18.9 Å². The van der Waals surface area contributed by atoms with Crippen LogP contribution in [0.25, 0.3) is 0 Å². The highest BCUT2D eigenvalue weighted by Gasteiger charge is 2.35. The van der Waals surface area contributed by atoms with Gasteiger partial charge in [0.25, 0.3) is 5.91 Å². The van der Waals surface area contributed by atoms with Gasteiger partial charge in [-0.15, -0.1) is 0 Å². The minimum Gasteiger partial charge on any atom is -0.504 e. The predicted molar refractivity (Wildman–Crippen MR) is 142 cm³/mol. The Hall–Kier alpha value is -4.55. The molecule has 2 aromatic rings. The van der Waals surface area contributed by atoms with Gasteiger partial charge in [0, 0.05) is 45.1 Å². The van der Waals surface area contributed by atoms with E-state index in [9.17, 15) is 19.5 Å². The number of cyclic esters (lactones) is 1. The van der Waals surface area contributed by atoms with E-state index >= 15 is 4.39 Å². The van der Waals surface area contributed by atoms with Gasteiger partial charge < -0.3 is 34.5 Å². The number of carbonyl (C=O) groups excluding carboxylic acids is 3. The van der Waals surface area contributed by atoms with Crippen molar-refractivity contribution >= 4 is 35.0 Å². The number of nitrogens with zero attached hydrogens (tertiary/aromatic N) is 4. The Bertz CT molecular complexity index is 1340. The standard InChI is InChI=1S/C27H30FN5O7/c1-16(34)29-14-19-15-33(27(37)39-19)18-4-5-22(20(28)12-18)31-7-9-32(10-8-31)26(36)25-13-21(30-40-25)17-3-6-24(38-2)23(35)11-17/h3-6,11-12,19,25,35H,7-10,13-15H2,1-2H3,(H,29,34)/t19-,25?/m0/s1. The summed E-state index contributed by atoms with van der Waals surface area (Å²) in [5, 5.41) is 16.7. The molecule has 2 fully saturated rings. The molecule has 2 atom stereocenters. The van der Waals surface area contributed by atoms with Crippen LogP contribution < -0.4 is 19.9 Å². The number of halogens is 1. The van der Waals surface area contributed by atoms with Gasteiger partial charge in [0.15, 0.2) is 11.5 Å². The summed E-state index contributed by atoms with van der Waals surface area (Å²) < 4.78 is 25.4. The summed E-state index contributed by atoms with van der Waals surface area (Å²) in [5.41, 5.74) is 1.94. The molecule has 0 bridgehead atoms. The fourth-order valence-electron chi connectivity index (χ4n) is 4.94. The van der Waals surface area contributed by atoms with Gasteiger partial charge in [-0.25, -0.2) is 9.18 Å². The molecular weight excluding hydrogens is 525 g/mol. The van der Waals surface area contributed by atoms with E-state index in [1.165, 1.54) is 31.1 Å². The zero-order chi connectivity index (χ0) is 28.4. The third-order valence-corrected chi connectivity index (χ3v) is 7.08. The van der Waals surface area contributed by atoms with Crippen LogP contribution in [0.3, 0.4) is 0 Å². The summed E-state index contributed by atoms with van der Waals surface area (Å²) in [4.78, 5) is 46.7. The van der Waals surface area contributed by atoms with E-state index in [0.29, 0.717) is 54.6 Å². The molecule has 12 nitrogen and oxygen atoms in total. The Morgan fingerprint density at radius 2 is 1.95 bits per heavy atom. The van der Waals surface area contributed by atoms with E-state index in [2.05, 4.69) is 10.5 Å². The number of aromatic hydroxyl groups is 1. The van der Waals surface area contributed by atoms with E-state index < -0.39 is 24.1 Å². The highest BCUT2D eigenvalue weighted by Crippen LogP contribution is 2.30. The van der Waals surface area contributed by atoms with Crippen molar-refractivity contribution in [2.45, 2.75) is 25.6 Å². The van der Waals surface area contributed by atoms with Crippen molar-refractivity contribution < 1.29 is 38.2 Å². The molecule has 13 heteroatoms. The molecule has 212 valence electrons. The van der Waals surface area contributed by atoms with Crippen molar-refractivity contribution in [1.29, 1.82) is 0 Å². The van der Waals surface area contributed by atoms with Gasteiger partial charge in [-0.3, -0.25) is 14.5 Å². The minimum absolute atomic E-state index is 0.0274.